The summed E-state index contributed by atoms with van der Waals surface area (Å²) in [4.78, 5) is 2.01. The van der Waals surface area contributed by atoms with Crippen LogP contribution in [0.1, 0.15) is 0 Å². The van der Waals surface area contributed by atoms with Crippen LogP contribution in [0.5, 0.6) is 0 Å². The van der Waals surface area contributed by atoms with Gasteiger partial charge in [0.1, 0.15) is 0 Å². The summed E-state index contributed by atoms with van der Waals surface area (Å²) in [6.07, 6.45) is 1.62. The van der Waals surface area contributed by atoms with Crippen LogP contribution in [0.3, 0.4) is 0 Å². The Morgan fingerprint density at radius 3 is 1.87 bits per heavy atom. The molecule has 0 amide bonds. The SMILES string of the molecule is N=S(=O)(c1ccc(Cl)cc1)n1ncc(Sc2ccc(Cl)cc2)c1-c1ccc(Cl)cc1. The second-order valence-corrected chi connectivity index (χ2v) is 10.6. The molecule has 1 N–H and O–H groups in total. The van der Waals surface area contributed by atoms with Gasteiger partial charge >= 0.3 is 0 Å². The average molecular weight is 495 g/mol. The number of nitrogens with one attached hydrogen (secondary N) is 1. The smallest absolute Gasteiger partial charge is 0.178 e. The van der Waals surface area contributed by atoms with Gasteiger partial charge in [-0.2, -0.15) is 9.19 Å². The minimum absolute atomic E-state index is 0.313. The summed E-state index contributed by atoms with van der Waals surface area (Å²) in [5, 5.41) is 6.07. The Kier molecular flexibility index (Phi) is 6.14. The molecule has 0 fully saturated rings. The minimum Gasteiger partial charge on any atom is -0.230 e. The van der Waals surface area contributed by atoms with Crippen LogP contribution in [-0.2, 0) is 9.92 Å². The zero-order valence-electron chi connectivity index (χ0n) is 15.3. The summed E-state index contributed by atoms with van der Waals surface area (Å²) in [6, 6.07) is 20.9. The molecule has 1 aromatic heterocycles. The number of halogens is 3. The van der Waals surface area contributed by atoms with Gasteiger partial charge in [-0.15, -0.1) is 0 Å². The van der Waals surface area contributed by atoms with E-state index < -0.39 is 9.92 Å². The molecule has 1 atom stereocenters. The number of hydrogen-bond acceptors (Lipinski definition) is 4. The number of hydrogen-bond donors (Lipinski definition) is 1. The van der Waals surface area contributed by atoms with Crippen LogP contribution in [0.4, 0.5) is 0 Å². The lowest BCUT2D eigenvalue weighted by Crippen LogP contribution is -2.14. The Hall–Kier alpha value is -1.96. The van der Waals surface area contributed by atoms with Crippen LogP contribution in [0.2, 0.25) is 15.1 Å². The molecular weight excluding hydrogens is 481 g/mol. The molecule has 0 bridgehead atoms. The topological polar surface area (TPSA) is 58.7 Å². The summed E-state index contributed by atoms with van der Waals surface area (Å²) in [5.74, 6) is 0. The van der Waals surface area contributed by atoms with Crippen molar-refractivity contribution in [1.29, 1.82) is 4.78 Å². The van der Waals surface area contributed by atoms with Crippen molar-refractivity contribution in [3.63, 3.8) is 0 Å². The summed E-state index contributed by atoms with van der Waals surface area (Å²) < 4.78 is 23.5. The lowest BCUT2D eigenvalue weighted by Gasteiger charge is -2.13. The van der Waals surface area contributed by atoms with Gasteiger partial charge in [0.25, 0.3) is 0 Å². The zero-order chi connectivity index (χ0) is 21.3. The third-order valence-electron chi connectivity index (χ3n) is 4.24. The Morgan fingerprint density at radius 2 is 1.30 bits per heavy atom. The molecule has 0 radical (unpaired) electrons. The Bertz CT molecular complexity index is 1290. The van der Waals surface area contributed by atoms with E-state index in [2.05, 4.69) is 5.10 Å². The highest BCUT2D eigenvalue weighted by Crippen LogP contribution is 2.38. The highest BCUT2D eigenvalue weighted by molar-refractivity contribution is 7.99. The first-order valence-electron chi connectivity index (χ1n) is 8.67. The highest BCUT2D eigenvalue weighted by atomic mass is 35.5. The van der Waals surface area contributed by atoms with Gasteiger partial charge in [0.05, 0.1) is 21.7 Å². The molecule has 9 heteroatoms. The normalized spacial score (nSPS) is 13.2. The molecule has 4 aromatic rings. The lowest BCUT2D eigenvalue weighted by molar-refractivity contribution is 0.661. The number of nitrogens with zero attached hydrogens (tertiary/aromatic N) is 2. The molecule has 0 spiro atoms. The van der Waals surface area contributed by atoms with Crippen LogP contribution < -0.4 is 0 Å². The van der Waals surface area contributed by atoms with Crippen molar-refractivity contribution in [2.45, 2.75) is 14.7 Å². The van der Waals surface area contributed by atoms with Crippen molar-refractivity contribution < 1.29 is 4.21 Å². The second-order valence-electron chi connectivity index (χ2n) is 6.27. The van der Waals surface area contributed by atoms with Crippen molar-refractivity contribution in [2.24, 2.45) is 0 Å². The van der Waals surface area contributed by atoms with E-state index in [1.54, 1.807) is 54.7 Å². The van der Waals surface area contributed by atoms with Gasteiger partial charge in [0.2, 0.25) is 0 Å². The van der Waals surface area contributed by atoms with E-state index >= 15 is 0 Å². The first-order valence-corrected chi connectivity index (χ1v) is 12.1. The zero-order valence-corrected chi connectivity index (χ0v) is 19.2. The summed E-state index contributed by atoms with van der Waals surface area (Å²) >= 11 is 19.4. The van der Waals surface area contributed by atoms with E-state index in [0.717, 1.165) is 15.4 Å². The molecule has 0 saturated heterocycles. The monoisotopic (exact) mass is 493 g/mol. The van der Waals surface area contributed by atoms with Gasteiger partial charge in [-0.25, -0.2) is 8.99 Å². The third-order valence-corrected chi connectivity index (χ3v) is 7.70. The maximum absolute atomic E-state index is 13.5. The predicted molar refractivity (Wildman–Crippen MR) is 124 cm³/mol. The Morgan fingerprint density at radius 1 is 0.800 bits per heavy atom. The highest BCUT2D eigenvalue weighted by Gasteiger charge is 2.23. The van der Waals surface area contributed by atoms with Crippen LogP contribution in [0.15, 0.2) is 93.7 Å². The Labute approximate surface area is 193 Å². The first kappa shape index (κ1) is 21.3. The third kappa shape index (κ3) is 4.38. The van der Waals surface area contributed by atoms with Gasteiger partial charge < -0.3 is 0 Å². The molecular formula is C21H14Cl3N3OS2. The number of aromatic nitrogens is 2. The predicted octanol–water partition coefficient (Wildman–Crippen LogP) is 7.53. The molecule has 0 aliphatic rings. The maximum atomic E-state index is 13.5. The minimum atomic E-state index is -3.44. The van der Waals surface area contributed by atoms with Crippen LogP contribution in [-0.4, -0.2) is 13.4 Å². The van der Waals surface area contributed by atoms with Crippen molar-refractivity contribution in [3.05, 3.63) is 94.1 Å². The van der Waals surface area contributed by atoms with Gasteiger partial charge in [0.15, 0.2) is 9.92 Å². The number of rotatable bonds is 5. The number of benzene rings is 3. The van der Waals surface area contributed by atoms with Crippen molar-refractivity contribution >= 4 is 56.5 Å². The summed E-state index contributed by atoms with van der Waals surface area (Å²) in [7, 11) is -3.44. The molecule has 4 rings (SSSR count). The van der Waals surface area contributed by atoms with Gasteiger partial charge in [-0.05, 0) is 60.7 Å². The van der Waals surface area contributed by atoms with E-state index in [-0.39, 0.29) is 0 Å². The maximum Gasteiger partial charge on any atom is 0.178 e. The average Bonchev–Trinajstić information content (AvgIpc) is 3.15. The fourth-order valence-electron chi connectivity index (χ4n) is 2.80. The molecule has 1 unspecified atom stereocenters. The molecule has 4 nitrogen and oxygen atoms in total. The van der Waals surface area contributed by atoms with Crippen molar-refractivity contribution in [1.82, 2.24) is 9.19 Å². The lowest BCUT2D eigenvalue weighted by atomic mass is 10.2. The van der Waals surface area contributed by atoms with E-state index in [1.807, 2.05) is 24.3 Å². The molecule has 152 valence electrons. The van der Waals surface area contributed by atoms with Gasteiger partial charge in [-0.1, -0.05) is 58.7 Å². The largest absolute Gasteiger partial charge is 0.230 e. The summed E-state index contributed by atoms with van der Waals surface area (Å²) in [6.45, 7) is 0. The standard InChI is InChI=1S/C21H14Cl3N3OS2/c22-15-3-1-14(2-4-15)21-20(29-18-9-5-16(23)6-10-18)13-26-27(21)30(25,28)19-11-7-17(24)8-12-19/h1-13,25H. The van der Waals surface area contributed by atoms with E-state index in [9.17, 15) is 4.21 Å². The Balaban J connectivity index is 1.86. The van der Waals surface area contributed by atoms with Gasteiger partial charge in [-0.3, -0.25) is 0 Å². The molecule has 0 saturated carbocycles. The molecule has 0 aliphatic carbocycles. The van der Waals surface area contributed by atoms with Crippen LogP contribution >= 0.6 is 46.6 Å². The van der Waals surface area contributed by atoms with Crippen LogP contribution in [0.25, 0.3) is 11.3 Å². The van der Waals surface area contributed by atoms with Crippen LogP contribution in [0, 0.1) is 4.78 Å². The second kappa shape index (κ2) is 8.65. The first-order chi connectivity index (χ1) is 14.3. The van der Waals surface area contributed by atoms with Crippen molar-refractivity contribution in [3.8, 4) is 11.3 Å². The fraction of sp³-hybridized carbons (Fsp3) is 0. The van der Waals surface area contributed by atoms with E-state index in [1.165, 1.54) is 15.8 Å². The van der Waals surface area contributed by atoms with Gasteiger partial charge in [0, 0.05) is 25.5 Å². The molecule has 1 heterocycles. The molecule has 0 aliphatic heterocycles. The van der Waals surface area contributed by atoms with E-state index in [0.29, 0.717) is 25.7 Å². The fourth-order valence-corrected chi connectivity index (χ4v) is 5.50. The molecule has 3 aromatic carbocycles. The van der Waals surface area contributed by atoms with E-state index in [4.69, 9.17) is 39.6 Å². The quantitative estimate of drug-likeness (QED) is 0.312. The molecule has 30 heavy (non-hydrogen) atoms. The summed E-state index contributed by atoms with van der Waals surface area (Å²) in [5.41, 5.74) is 1.32. The van der Waals surface area contributed by atoms with Crippen molar-refractivity contribution in [2.75, 3.05) is 0 Å².